The summed E-state index contributed by atoms with van der Waals surface area (Å²) in [6, 6.07) is 3.84. The SMILES string of the molecule is CCCc1c(C)nn(-c2ccc3nnc(C)n3n2)c1C. The minimum absolute atomic E-state index is 0.751. The van der Waals surface area contributed by atoms with Crippen LogP contribution in [0.5, 0.6) is 0 Å². The van der Waals surface area contributed by atoms with Crippen molar-refractivity contribution in [2.75, 3.05) is 0 Å². The van der Waals surface area contributed by atoms with Crippen molar-refractivity contribution in [3.8, 4) is 5.82 Å². The molecule has 104 valence electrons. The lowest BCUT2D eigenvalue weighted by Gasteiger charge is -2.04. The average molecular weight is 270 g/mol. The minimum atomic E-state index is 0.751. The van der Waals surface area contributed by atoms with Crippen LogP contribution in [0.4, 0.5) is 0 Å². The first-order valence-corrected chi connectivity index (χ1v) is 6.86. The number of aryl methyl sites for hydroxylation is 2. The Balaban J connectivity index is 2.15. The van der Waals surface area contributed by atoms with Crippen LogP contribution in [0.15, 0.2) is 12.1 Å². The fourth-order valence-electron chi connectivity index (χ4n) is 2.51. The molecule has 0 fully saturated rings. The van der Waals surface area contributed by atoms with Crippen LogP contribution in [-0.2, 0) is 6.42 Å². The molecule has 6 heteroatoms. The summed E-state index contributed by atoms with van der Waals surface area (Å²) >= 11 is 0. The maximum absolute atomic E-state index is 4.62. The maximum Gasteiger partial charge on any atom is 0.178 e. The lowest BCUT2D eigenvalue weighted by Crippen LogP contribution is -2.06. The fourth-order valence-corrected chi connectivity index (χ4v) is 2.51. The molecule has 0 aliphatic rings. The Morgan fingerprint density at radius 2 is 1.85 bits per heavy atom. The molecule has 20 heavy (non-hydrogen) atoms. The summed E-state index contributed by atoms with van der Waals surface area (Å²) in [7, 11) is 0. The van der Waals surface area contributed by atoms with Crippen LogP contribution < -0.4 is 0 Å². The molecule has 0 aromatic carbocycles. The van der Waals surface area contributed by atoms with E-state index >= 15 is 0 Å². The second-order valence-corrected chi connectivity index (χ2v) is 5.02. The molecule has 0 atom stereocenters. The summed E-state index contributed by atoms with van der Waals surface area (Å²) in [5.41, 5.74) is 4.30. The molecule has 0 amide bonds. The zero-order chi connectivity index (χ0) is 14.3. The van der Waals surface area contributed by atoms with E-state index < -0.39 is 0 Å². The molecule has 0 aliphatic heterocycles. The largest absolute Gasteiger partial charge is 0.217 e. The topological polar surface area (TPSA) is 60.9 Å². The molecule has 0 N–H and O–H groups in total. The van der Waals surface area contributed by atoms with E-state index in [1.54, 1.807) is 4.52 Å². The number of nitrogens with zero attached hydrogens (tertiary/aromatic N) is 6. The highest BCUT2D eigenvalue weighted by Crippen LogP contribution is 2.18. The van der Waals surface area contributed by atoms with Crippen molar-refractivity contribution in [1.82, 2.24) is 29.6 Å². The summed E-state index contributed by atoms with van der Waals surface area (Å²) in [5, 5.41) is 17.3. The van der Waals surface area contributed by atoms with Gasteiger partial charge >= 0.3 is 0 Å². The monoisotopic (exact) mass is 270 g/mol. The third-order valence-corrected chi connectivity index (χ3v) is 3.56. The van der Waals surface area contributed by atoms with Crippen LogP contribution in [0.25, 0.3) is 11.5 Å². The average Bonchev–Trinajstić information content (AvgIpc) is 2.94. The summed E-state index contributed by atoms with van der Waals surface area (Å²) in [4.78, 5) is 0. The molecular weight excluding hydrogens is 252 g/mol. The van der Waals surface area contributed by atoms with Gasteiger partial charge in [0.2, 0.25) is 0 Å². The van der Waals surface area contributed by atoms with E-state index in [2.05, 4.69) is 41.2 Å². The first-order chi connectivity index (χ1) is 9.61. The van der Waals surface area contributed by atoms with Gasteiger partial charge in [-0.15, -0.1) is 15.3 Å². The van der Waals surface area contributed by atoms with E-state index in [-0.39, 0.29) is 0 Å². The van der Waals surface area contributed by atoms with E-state index in [0.717, 1.165) is 41.5 Å². The lowest BCUT2D eigenvalue weighted by molar-refractivity contribution is 0.754. The third-order valence-electron chi connectivity index (χ3n) is 3.56. The summed E-state index contributed by atoms with van der Waals surface area (Å²) in [5.74, 6) is 1.57. The van der Waals surface area contributed by atoms with Gasteiger partial charge in [-0.1, -0.05) is 13.3 Å². The molecule has 0 aliphatic carbocycles. The molecule has 0 saturated heterocycles. The number of hydrogen-bond acceptors (Lipinski definition) is 4. The van der Waals surface area contributed by atoms with Crippen molar-refractivity contribution in [1.29, 1.82) is 0 Å². The molecule has 3 heterocycles. The molecule has 3 aromatic heterocycles. The van der Waals surface area contributed by atoms with Crippen molar-refractivity contribution < 1.29 is 0 Å². The molecule has 6 nitrogen and oxygen atoms in total. The molecule has 0 unspecified atom stereocenters. The van der Waals surface area contributed by atoms with Gasteiger partial charge in [-0.2, -0.15) is 9.61 Å². The number of aromatic nitrogens is 6. The zero-order valence-electron chi connectivity index (χ0n) is 12.3. The molecule has 0 bridgehead atoms. The molecular formula is C14H18N6. The first kappa shape index (κ1) is 12.8. The van der Waals surface area contributed by atoms with Gasteiger partial charge in [0.1, 0.15) is 0 Å². The quantitative estimate of drug-likeness (QED) is 0.732. The Morgan fingerprint density at radius 1 is 1.05 bits per heavy atom. The van der Waals surface area contributed by atoms with Crippen LogP contribution in [0, 0.1) is 20.8 Å². The van der Waals surface area contributed by atoms with Gasteiger partial charge in [0, 0.05) is 5.69 Å². The normalized spacial score (nSPS) is 11.4. The van der Waals surface area contributed by atoms with Gasteiger partial charge in [-0.05, 0) is 44.9 Å². The Hall–Kier alpha value is -2.24. The highest BCUT2D eigenvalue weighted by molar-refractivity contribution is 5.40. The van der Waals surface area contributed by atoms with Crippen LogP contribution in [0.1, 0.15) is 36.1 Å². The lowest BCUT2D eigenvalue weighted by atomic mass is 10.1. The Labute approximate surface area is 117 Å². The van der Waals surface area contributed by atoms with Crippen LogP contribution in [0.2, 0.25) is 0 Å². The smallest absolute Gasteiger partial charge is 0.178 e. The van der Waals surface area contributed by atoms with E-state index in [4.69, 9.17) is 0 Å². The predicted octanol–water partition coefficient (Wildman–Crippen LogP) is 2.19. The second kappa shape index (κ2) is 4.70. The van der Waals surface area contributed by atoms with Crippen LogP contribution in [0.3, 0.4) is 0 Å². The van der Waals surface area contributed by atoms with Crippen molar-refractivity contribution in [2.24, 2.45) is 0 Å². The fraction of sp³-hybridized carbons (Fsp3) is 0.429. The van der Waals surface area contributed by atoms with Crippen LogP contribution >= 0.6 is 0 Å². The van der Waals surface area contributed by atoms with Crippen molar-refractivity contribution >= 4 is 5.65 Å². The van der Waals surface area contributed by atoms with E-state index in [9.17, 15) is 0 Å². The summed E-state index contributed by atoms with van der Waals surface area (Å²) < 4.78 is 3.64. The van der Waals surface area contributed by atoms with E-state index in [1.165, 1.54) is 5.56 Å². The number of rotatable bonds is 3. The van der Waals surface area contributed by atoms with Gasteiger partial charge in [0.15, 0.2) is 17.3 Å². The number of hydrogen-bond donors (Lipinski definition) is 0. The Bertz CT molecular complexity index is 767. The molecule has 0 spiro atoms. The third kappa shape index (κ3) is 1.88. The van der Waals surface area contributed by atoms with Gasteiger partial charge in [0.25, 0.3) is 0 Å². The Kier molecular flexibility index (Phi) is 3.00. The van der Waals surface area contributed by atoms with Crippen molar-refractivity contribution in [2.45, 2.75) is 40.5 Å². The van der Waals surface area contributed by atoms with Gasteiger partial charge < -0.3 is 0 Å². The highest BCUT2D eigenvalue weighted by Gasteiger charge is 2.13. The zero-order valence-corrected chi connectivity index (χ0v) is 12.3. The Morgan fingerprint density at radius 3 is 2.60 bits per heavy atom. The standard InChI is InChI=1S/C14H18N6/c1-5-6-12-9(2)17-19(10(12)3)14-8-7-13-16-15-11(4)20(13)18-14/h7-8H,5-6H2,1-4H3. The number of fused-ring (bicyclic) bond motifs is 1. The van der Waals surface area contributed by atoms with Crippen molar-refractivity contribution in [3.05, 3.63) is 34.9 Å². The summed E-state index contributed by atoms with van der Waals surface area (Å²) in [6.07, 6.45) is 2.16. The predicted molar refractivity (Wildman–Crippen MR) is 76.1 cm³/mol. The van der Waals surface area contributed by atoms with Crippen molar-refractivity contribution in [3.63, 3.8) is 0 Å². The molecule has 0 saturated carbocycles. The van der Waals surface area contributed by atoms with E-state index in [1.807, 2.05) is 23.7 Å². The van der Waals surface area contributed by atoms with Crippen LogP contribution in [-0.4, -0.2) is 29.6 Å². The molecule has 0 radical (unpaired) electrons. The summed E-state index contributed by atoms with van der Waals surface area (Å²) in [6.45, 7) is 8.22. The highest BCUT2D eigenvalue weighted by atomic mass is 15.4. The maximum atomic E-state index is 4.62. The molecule has 3 aromatic rings. The van der Waals surface area contributed by atoms with Gasteiger partial charge in [-0.25, -0.2) is 4.68 Å². The first-order valence-electron chi connectivity index (χ1n) is 6.86. The minimum Gasteiger partial charge on any atom is -0.217 e. The second-order valence-electron chi connectivity index (χ2n) is 5.02. The molecule has 3 rings (SSSR count). The van der Waals surface area contributed by atoms with Gasteiger partial charge in [-0.3, -0.25) is 0 Å². The van der Waals surface area contributed by atoms with E-state index in [0.29, 0.717) is 0 Å². The van der Waals surface area contributed by atoms with Gasteiger partial charge in [0.05, 0.1) is 5.69 Å².